The van der Waals surface area contributed by atoms with E-state index in [0.717, 1.165) is 0 Å². The molecule has 0 bridgehead atoms. The maximum atomic E-state index is 11.5. The molecule has 1 fully saturated rings. The molecule has 2 atom stereocenters. The van der Waals surface area contributed by atoms with Crippen LogP contribution >= 0.6 is 0 Å². The number of β-lactam (4-membered cyclic amide) rings is 1. The second kappa shape index (κ2) is 8.08. The lowest BCUT2D eigenvalue weighted by atomic mass is 9.96. The van der Waals surface area contributed by atoms with Gasteiger partial charge >= 0.3 is 12.1 Å². The first-order valence-electron chi connectivity index (χ1n) is 7.37. The van der Waals surface area contributed by atoms with Gasteiger partial charge in [0.2, 0.25) is 5.91 Å². The van der Waals surface area contributed by atoms with Crippen LogP contribution < -0.4 is 5.32 Å². The third kappa shape index (κ3) is 5.16. The van der Waals surface area contributed by atoms with Crippen LogP contribution in [0.1, 0.15) is 18.9 Å². The minimum Gasteiger partial charge on any atom is -0.441 e. The number of hydrogen-bond donors (Lipinski definition) is 1. The van der Waals surface area contributed by atoms with E-state index in [1.165, 1.54) is 31.2 Å². The van der Waals surface area contributed by atoms with Gasteiger partial charge in [0.15, 0.2) is 6.23 Å². The molecule has 0 radical (unpaired) electrons. The number of hydrogen-bond acceptors (Lipinski definition) is 8. The molecule has 1 aliphatic heterocycles. The molecule has 0 saturated carbocycles. The fraction of sp³-hybridized carbons (Fsp3) is 0.400. The zero-order chi connectivity index (χ0) is 18.4. The van der Waals surface area contributed by atoms with Crippen molar-refractivity contribution in [2.45, 2.75) is 26.2 Å². The Morgan fingerprint density at radius 2 is 1.92 bits per heavy atom. The third-order valence-corrected chi connectivity index (χ3v) is 3.43. The Morgan fingerprint density at radius 1 is 1.24 bits per heavy atom. The van der Waals surface area contributed by atoms with Crippen LogP contribution in [0.4, 0.5) is 10.5 Å². The van der Waals surface area contributed by atoms with Gasteiger partial charge in [-0.2, -0.15) is 0 Å². The molecule has 1 amide bonds. The zero-order valence-corrected chi connectivity index (χ0v) is 13.3. The number of non-ortho nitro benzene ring substituents is 1. The molecule has 1 aromatic carbocycles. The van der Waals surface area contributed by atoms with Crippen molar-refractivity contribution in [3.63, 3.8) is 0 Å². The van der Waals surface area contributed by atoms with Crippen molar-refractivity contribution in [2.24, 2.45) is 5.92 Å². The van der Waals surface area contributed by atoms with Crippen molar-refractivity contribution in [1.29, 1.82) is 0 Å². The van der Waals surface area contributed by atoms with Gasteiger partial charge in [-0.15, -0.1) is 0 Å². The Bertz CT molecular complexity index is 673. The maximum absolute atomic E-state index is 11.5. The van der Waals surface area contributed by atoms with Crippen molar-refractivity contribution in [1.82, 2.24) is 5.32 Å². The second-order valence-corrected chi connectivity index (χ2v) is 5.24. The predicted molar refractivity (Wildman–Crippen MR) is 81.0 cm³/mol. The van der Waals surface area contributed by atoms with Crippen LogP contribution in [0.3, 0.4) is 0 Å². The summed E-state index contributed by atoms with van der Waals surface area (Å²) in [5, 5.41) is 13.0. The van der Waals surface area contributed by atoms with E-state index < -0.39 is 29.2 Å². The van der Waals surface area contributed by atoms with Crippen molar-refractivity contribution in [3.8, 4) is 0 Å². The predicted octanol–water partition coefficient (Wildman–Crippen LogP) is 1.27. The van der Waals surface area contributed by atoms with Crippen LogP contribution in [-0.2, 0) is 30.4 Å². The molecule has 0 aliphatic carbocycles. The summed E-state index contributed by atoms with van der Waals surface area (Å²) in [6.07, 6.45) is -1.44. The van der Waals surface area contributed by atoms with Crippen molar-refractivity contribution in [2.75, 3.05) is 6.61 Å². The fourth-order valence-electron chi connectivity index (χ4n) is 2.13. The number of nitro groups is 1. The van der Waals surface area contributed by atoms with Crippen LogP contribution in [0.15, 0.2) is 24.3 Å². The van der Waals surface area contributed by atoms with Gasteiger partial charge < -0.3 is 19.5 Å². The number of ether oxygens (including phenoxy) is 3. The first kappa shape index (κ1) is 18.2. The van der Waals surface area contributed by atoms with Crippen LogP contribution in [-0.4, -0.2) is 35.8 Å². The molecule has 1 saturated heterocycles. The summed E-state index contributed by atoms with van der Waals surface area (Å²) in [6, 6.07) is 5.53. The van der Waals surface area contributed by atoms with Crippen LogP contribution in [0, 0.1) is 16.0 Å². The summed E-state index contributed by atoms with van der Waals surface area (Å²) in [5.74, 6) is -1.36. The Kier molecular flexibility index (Phi) is 5.88. The van der Waals surface area contributed by atoms with E-state index in [-0.39, 0.29) is 31.2 Å². The van der Waals surface area contributed by atoms with Gasteiger partial charge in [-0.05, 0) is 24.1 Å². The number of nitro benzene ring substituents is 1. The van der Waals surface area contributed by atoms with Gasteiger partial charge in [-0.1, -0.05) is 0 Å². The van der Waals surface area contributed by atoms with Crippen molar-refractivity contribution >= 4 is 23.7 Å². The molecule has 2 unspecified atom stereocenters. The number of benzene rings is 1. The molecule has 10 nitrogen and oxygen atoms in total. The van der Waals surface area contributed by atoms with E-state index in [1.54, 1.807) is 0 Å². The minimum absolute atomic E-state index is 0.0626. The van der Waals surface area contributed by atoms with Gasteiger partial charge in [0.05, 0.1) is 17.4 Å². The monoisotopic (exact) mass is 352 g/mol. The summed E-state index contributed by atoms with van der Waals surface area (Å²) >= 11 is 0. The second-order valence-electron chi connectivity index (χ2n) is 5.24. The summed E-state index contributed by atoms with van der Waals surface area (Å²) in [5.41, 5.74) is 0.503. The Labute approximate surface area is 142 Å². The van der Waals surface area contributed by atoms with E-state index >= 15 is 0 Å². The van der Waals surface area contributed by atoms with Crippen LogP contribution in [0.5, 0.6) is 0 Å². The highest BCUT2D eigenvalue weighted by Crippen LogP contribution is 2.20. The minimum atomic E-state index is -0.929. The maximum Gasteiger partial charge on any atom is 0.508 e. The highest BCUT2D eigenvalue weighted by Gasteiger charge is 2.41. The normalized spacial score (nSPS) is 18.5. The number of nitrogens with one attached hydrogen (secondary N) is 1. The average Bonchev–Trinajstić information content (AvgIpc) is 2.56. The van der Waals surface area contributed by atoms with Crippen molar-refractivity contribution in [3.05, 3.63) is 39.9 Å². The molecule has 0 spiro atoms. The SMILES string of the molecule is CC(=O)OC1NC(=O)C1CCOC(=O)OCc1ccc([N+](=O)[O-])cc1. The van der Waals surface area contributed by atoms with E-state index in [4.69, 9.17) is 14.2 Å². The number of carbonyl (C=O) groups is 3. The fourth-order valence-corrected chi connectivity index (χ4v) is 2.13. The lowest BCUT2D eigenvalue weighted by molar-refractivity contribution is -0.384. The summed E-state index contributed by atoms with van der Waals surface area (Å²) in [4.78, 5) is 43.7. The first-order chi connectivity index (χ1) is 11.9. The van der Waals surface area contributed by atoms with E-state index in [2.05, 4.69) is 5.32 Å². The van der Waals surface area contributed by atoms with Crippen LogP contribution in [0.2, 0.25) is 0 Å². The molecule has 10 heteroatoms. The number of amides is 1. The number of carbonyl (C=O) groups excluding carboxylic acids is 3. The lowest BCUT2D eigenvalue weighted by Gasteiger charge is -2.35. The van der Waals surface area contributed by atoms with Gasteiger partial charge in [-0.25, -0.2) is 4.79 Å². The molecule has 1 heterocycles. The van der Waals surface area contributed by atoms with Gasteiger partial charge in [0, 0.05) is 19.1 Å². The molecular weight excluding hydrogens is 336 g/mol. The largest absolute Gasteiger partial charge is 0.508 e. The molecular formula is C15H16N2O8. The molecule has 1 aliphatic rings. The quantitative estimate of drug-likeness (QED) is 0.335. The topological polar surface area (TPSA) is 134 Å². The van der Waals surface area contributed by atoms with E-state index in [1.807, 2.05) is 0 Å². The zero-order valence-electron chi connectivity index (χ0n) is 13.3. The third-order valence-electron chi connectivity index (χ3n) is 3.43. The van der Waals surface area contributed by atoms with E-state index in [9.17, 15) is 24.5 Å². The molecule has 1 N–H and O–H groups in total. The number of esters is 1. The highest BCUT2D eigenvalue weighted by atomic mass is 16.7. The molecule has 1 aromatic rings. The molecule has 2 rings (SSSR count). The standard InChI is InChI=1S/C15H16N2O8/c1-9(18)25-14-12(13(19)16-14)6-7-23-15(20)24-8-10-2-4-11(5-3-10)17(21)22/h2-5,12,14H,6-8H2,1H3,(H,16,19). The Balaban J connectivity index is 1.68. The van der Waals surface area contributed by atoms with Crippen molar-refractivity contribution < 1.29 is 33.5 Å². The molecule has 0 aromatic heterocycles. The number of rotatable bonds is 7. The smallest absolute Gasteiger partial charge is 0.441 e. The van der Waals surface area contributed by atoms with Gasteiger partial charge in [0.1, 0.15) is 6.61 Å². The van der Waals surface area contributed by atoms with E-state index in [0.29, 0.717) is 5.56 Å². The van der Waals surface area contributed by atoms with Gasteiger partial charge in [-0.3, -0.25) is 19.7 Å². The summed E-state index contributed by atoms with van der Waals surface area (Å²) < 4.78 is 14.6. The molecule has 25 heavy (non-hydrogen) atoms. The first-order valence-corrected chi connectivity index (χ1v) is 7.37. The average molecular weight is 352 g/mol. The number of nitrogens with zero attached hydrogens (tertiary/aromatic N) is 1. The summed E-state index contributed by atoms with van der Waals surface area (Å²) in [6.45, 7) is 1.05. The Hall–Kier alpha value is -3.17. The highest BCUT2D eigenvalue weighted by molar-refractivity contribution is 5.86. The van der Waals surface area contributed by atoms with Crippen LogP contribution in [0.25, 0.3) is 0 Å². The lowest BCUT2D eigenvalue weighted by Crippen LogP contribution is -2.60. The molecule has 134 valence electrons. The Morgan fingerprint density at radius 3 is 2.48 bits per heavy atom. The summed E-state index contributed by atoms with van der Waals surface area (Å²) in [7, 11) is 0. The van der Waals surface area contributed by atoms with Gasteiger partial charge in [0.25, 0.3) is 5.69 Å².